The Hall–Kier alpha value is -8.46. The highest BCUT2D eigenvalue weighted by Gasteiger charge is 2.48. The number of carbonyl (C=O) groups is 2. The molecule has 2 atom stereocenters. The number of nitriles is 2. The maximum absolute atomic E-state index is 14.2. The highest BCUT2D eigenvalue weighted by Crippen LogP contribution is 2.52. The molecule has 0 radical (unpaired) electrons. The fraction of sp³-hybridized carbons (Fsp3) is 0.286. The van der Waals surface area contributed by atoms with Crippen molar-refractivity contribution in [1.29, 1.82) is 10.5 Å². The fourth-order valence-electron chi connectivity index (χ4n) is 10.0. The van der Waals surface area contributed by atoms with Crippen LogP contribution in [-0.2, 0) is 47.6 Å². The molecule has 8 aromatic rings. The van der Waals surface area contributed by atoms with Crippen LogP contribution in [0.25, 0.3) is 68.1 Å². The molecule has 4 aliphatic carbocycles. The number of hydrogen-bond donors (Lipinski definition) is 2. The van der Waals surface area contributed by atoms with Crippen LogP contribution in [0.3, 0.4) is 0 Å². The minimum Gasteiger partial charge on any atom is -0.381 e. The van der Waals surface area contributed by atoms with Crippen LogP contribution in [0.15, 0.2) is 115 Å². The molecule has 12 rings (SSSR count). The summed E-state index contributed by atoms with van der Waals surface area (Å²) in [5.74, 6) is -1.83. The maximum Gasteiger partial charge on any atom is 0.422 e. The molecule has 76 heavy (non-hydrogen) atoms. The zero-order valence-electron chi connectivity index (χ0n) is 39.8. The predicted molar refractivity (Wildman–Crippen MR) is 254 cm³/mol. The Balaban J connectivity index is 0.000000162. The van der Waals surface area contributed by atoms with Crippen LogP contribution < -0.4 is 0 Å². The molecule has 4 aromatic carbocycles. The van der Waals surface area contributed by atoms with Gasteiger partial charge >= 0.3 is 12.4 Å². The van der Waals surface area contributed by atoms with Gasteiger partial charge < -0.3 is 28.3 Å². The van der Waals surface area contributed by atoms with Gasteiger partial charge in [0.05, 0.1) is 23.0 Å². The SMILES string of the molecule is N#CC1(CC(=O)[C@@H](O)c2ccc3c(c2)CCc2c-3noc2-c2noc(-c3ccccc3)c2C(F)(F)F)CC1.N#CC1(CC(=O)[C@H](O)c2ccc3c(c2)CCc2c-3noc2-c2noc(-c3ccccc3)c2C(F)(F)F)CC1. The average molecular weight is 1040 g/mol. The van der Waals surface area contributed by atoms with E-state index >= 15 is 0 Å². The molecule has 2 saturated carbocycles. The van der Waals surface area contributed by atoms with Crippen molar-refractivity contribution in [3.8, 4) is 80.2 Å². The third kappa shape index (κ3) is 9.06. The van der Waals surface area contributed by atoms with Crippen LogP contribution in [0.2, 0.25) is 0 Å². The van der Waals surface area contributed by atoms with Gasteiger partial charge in [-0.3, -0.25) is 9.59 Å². The predicted octanol–water partition coefficient (Wildman–Crippen LogP) is 12.2. The van der Waals surface area contributed by atoms with E-state index in [9.17, 15) is 56.7 Å². The number of aliphatic hydroxyl groups is 2. The lowest BCUT2D eigenvalue weighted by Gasteiger charge is -2.18. The van der Waals surface area contributed by atoms with Gasteiger partial charge in [0, 0.05) is 46.2 Å². The van der Waals surface area contributed by atoms with E-state index < -0.39 is 81.0 Å². The number of aryl methyl sites for hydroxylation is 2. The Kier molecular flexibility index (Phi) is 12.3. The van der Waals surface area contributed by atoms with Crippen molar-refractivity contribution >= 4 is 11.6 Å². The number of hydrogen-bond acceptors (Lipinski definition) is 14. The van der Waals surface area contributed by atoms with Gasteiger partial charge in [-0.25, -0.2) is 0 Å². The second kappa shape index (κ2) is 18.7. The first-order valence-corrected chi connectivity index (χ1v) is 24.1. The number of fused-ring (bicyclic) bond motifs is 6. The molecule has 0 amide bonds. The summed E-state index contributed by atoms with van der Waals surface area (Å²) in [6.45, 7) is 0. The monoisotopic (exact) mass is 1040 g/mol. The third-order valence-corrected chi connectivity index (χ3v) is 14.5. The van der Waals surface area contributed by atoms with E-state index in [2.05, 4.69) is 32.8 Å². The first kappa shape index (κ1) is 49.7. The highest BCUT2D eigenvalue weighted by atomic mass is 19.4. The van der Waals surface area contributed by atoms with Crippen LogP contribution in [-0.4, -0.2) is 42.4 Å². The third-order valence-electron chi connectivity index (χ3n) is 14.5. The topological polar surface area (TPSA) is 226 Å². The van der Waals surface area contributed by atoms with E-state index in [0.717, 1.165) is 11.1 Å². The number of benzene rings is 4. The zero-order chi connectivity index (χ0) is 53.3. The van der Waals surface area contributed by atoms with Crippen molar-refractivity contribution in [2.75, 3.05) is 0 Å². The van der Waals surface area contributed by atoms with E-state index in [1.807, 2.05) is 0 Å². The largest absolute Gasteiger partial charge is 0.422 e. The Morgan fingerprint density at radius 2 is 0.882 bits per heavy atom. The standard InChI is InChI=1S/2C28H20F3N3O4/c2*29-28(30,31)21-23(34-37-25(21)15-4-2-1-3-5-15)26-19-9-6-16-12-17(7-8-18(16)22(19)33-38-26)24(36)20(35)13-27(14-32)10-11-27/h2*1-5,7-8,12,24,36H,6,9-11,13H2/t2*24-/m10/s1. The summed E-state index contributed by atoms with van der Waals surface area (Å²) in [7, 11) is 0. The Morgan fingerprint density at radius 3 is 1.22 bits per heavy atom. The lowest BCUT2D eigenvalue weighted by Crippen LogP contribution is -2.17. The number of aromatic nitrogens is 4. The minimum atomic E-state index is -4.76. The second-order valence-electron chi connectivity index (χ2n) is 19.6. The average Bonchev–Trinajstić information content (AvgIpc) is 4.03. The van der Waals surface area contributed by atoms with Crippen molar-refractivity contribution in [3.05, 3.63) is 142 Å². The first-order valence-electron chi connectivity index (χ1n) is 24.1. The summed E-state index contributed by atoms with van der Waals surface area (Å²) < 4.78 is 106. The molecule has 20 heteroatoms. The van der Waals surface area contributed by atoms with Crippen LogP contribution in [0.4, 0.5) is 26.3 Å². The molecule has 0 saturated heterocycles. The van der Waals surface area contributed by atoms with Gasteiger partial charge in [0.1, 0.15) is 34.7 Å². The molecule has 0 bridgehead atoms. The van der Waals surface area contributed by atoms with Gasteiger partial charge in [0.15, 0.2) is 46.0 Å². The van der Waals surface area contributed by atoms with E-state index in [4.69, 9.17) is 18.1 Å². The number of halogens is 6. The van der Waals surface area contributed by atoms with Crippen molar-refractivity contribution in [1.82, 2.24) is 20.6 Å². The zero-order valence-corrected chi connectivity index (χ0v) is 39.8. The highest BCUT2D eigenvalue weighted by molar-refractivity contribution is 5.87. The van der Waals surface area contributed by atoms with Gasteiger partial charge in [-0.1, -0.05) is 118 Å². The van der Waals surface area contributed by atoms with Crippen molar-refractivity contribution in [2.45, 2.75) is 88.8 Å². The van der Waals surface area contributed by atoms with E-state index in [0.29, 0.717) is 96.1 Å². The summed E-state index contributed by atoms with van der Waals surface area (Å²) in [5.41, 5.74) is 1.54. The number of rotatable bonds is 12. The number of Topliss-reactive ketones (excluding diaryl/α,β-unsaturated/α-hetero) is 2. The van der Waals surface area contributed by atoms with Gasteiger partial charge in [0.25, 0.3) is 0 Å². The van der Waals surface area contributed by atoms with E-state index in [-0.39, 0.29) is 35.5 Å². The summed E-state index contributed by atoms with van der Waals surface area (Å²) >= 11 is 0. The lowest BCUT2D eigenvalue weighted by molar-refractivity contribution is -0.137. The molecule has 4 aliphatic rings. The summed E-state index contributed by atoms with van der Waals surface area (Å²) in [4.78, 5) is 25.1. The normalized spacial score (nSPS) is 16.3. The molecular formula is C56H40F6N6O8. The van der Waals surface area contributed by atoms with Crippen molar-refractivity contribution in [2.24, 2.45) is 10.8 Å². The Bertz CT molecular complexity index is 3430. The summed E-state index contributed by atoms with van der Waals surface area (Å²) in [5, 5.41) is 55.3. The Labute approximate surface area is 427 Å². The van der Waals surface area contributed by atoms with Gasteiger partial charge in [-0.05, 0) is 73.6 Å². The van der Waals surface area contributed by atoms with Gasteiger partial charge in [0.2, 0.25) is 0 Å². The number of aliphatic hydroxyl groups excluding tert-OH is 2. The number of alkyl halides is 6. The molecule has 4 aromatic heterocycles. The molecule has 2 fully saturated rings. The van der Waals surface area contributed by atoms with Gasteiger partial charge in [-0.2, -0.15) is 36.9 Å². The van der Waals surface area contributed by atoms with Gasteiger partial charge in [-0.15, -0.1) is 0 Å². The number of ketones is 2. The first-order chi connectivity index (χ1) is 36.4. The van der Waals surface area contributed by atoms with E-state index in [1.54, 1.807) is 72.8 Å². The lowest BCUT2D eigenvalue weighted by atomic mass is 9.85. The number of carbonyl (C=O) groups excluding carboxylic acids is 2. The van der Waals surface area contributed by atoms with Crippen LogP contribution >= 0.6 is 0 Å². The number of nitrogens with zero attached hydrogens (tertiary/aromatic N) is 6. The fourth-order valence-corrected chi connectivity index (χ4v) is 10.0. The van der Waals surface area contributed by atoms with Crippen LogP contribution in [0.1, 0.15) is 95.2 Å². The quantitative estimate of drug-likeness (QED) is 0.109. The molecular weight excluding hydrogens is 999 g/mol. The minimum absolute atomic E-state index is 0.00273. The molecule has 2 N–H and O–H groups in total. The Morgan fingerprint density at radius 1 is 0.526 bits per heavy atom. The van der Waals surface area contributed by atoms with Crippen LogP contribution in [0.5, 0.6) is 0 Å². The molecule has 384 valence electrons. The molecule has 14 nitrogen and oxygen atoms in total. The van der Waals surface area contributed by atoms with Crippen molar-refractivity contribution in [3.63, 3.8) is 0 Å². The molecule has 0 unspecified atom stereocenters. The summed E-state index contributed by atoms with van der Waals surface area (Å²) in [6, 6.07) is 30.1. The second-order valence-corrected chi connectivity index (χ2v) is 19.6. The molecule has 4 heterocycles. The summed E-state index contributed by atoms with van der Waals surface area (Å²) in [6.07, 6.45) is -8.13. The van der Waals surface area contributed by atoms with Crippen molar-refractivity contribution < 1.29 is 64.2 Å². The van der Waals surface area contributed by atoms with Crippen LogP contribution in [0, 0.1) is 33.5 Å². The molecule has 0 spiro atoms. The molecule has 0 aliphatic heterocycles. The van der Waals surface area contributed by atoms with E-state index in [1.165, 1.54) is 24.3 Å². The smallest absolute Gasteiger partial charge is 0.381 e. The maximum atomic E-state index is 14.2.